The maximum Gasteiger partial charge on any atom is 0.248 e. The summed E-state index contributed by atoms with van der Waals surface area (Å²) in [6, 6.07) is 17.4. The Morgan fingerprint density at radius 3 is 2.48 bits per heavy atom. The molecule has 0 radical (unpaired) electrons. The number of allylic oxidation sites excluding steroid dienone is 1. The predicted molar refractivity (Wildman–Crippen MR) is 123 cm³/mol. The van der Waals surface area contributed by atoms with Gasteiger partial charge in [-0.2, -0.15) is 5.26 Å². The van der Waals surface area contributed by atoms with Gasteiger partial charge in [-0.25, -0.2) is 0 Å². The molecule has 1 unspecified atom stereocenters. The average molecular weight is 440 g/mol. The fourth-order valence-corrected chi connectivity index (χ4v) is 5.37. The van der Waals surface area contributed by atoms with E-state index in [0.29, 0.717) is 30.0 Å². The molecule has 3 aliphatic rings. The van der Waals surface area contributed by atoms with Crippen molar-refractivity contribution in [2.75, 3.05) is 4.90 Å². The lowest BCUT2D eigenvalue weighted by Crippen LogP contribution is -2.50. The smallest absolute Gasteiger partial charge is 0.248 e. The van der Waals surface area contributed by atoms with E-state index in [-0.39, 0.29) is 40.6 Å². The Morgan fingerprint density at radius 1 is 1.09 bits per heavy atom. The second-order valence-electron chi connectivity index (χ2n) is 9.84. The van der Waals surface area contributed by atoms with E-state index in [4.69, 9.17) is 10.5 Å². The standard InChI is InChI=1S/C27H25N3O3/c1-16-8-10-17(11-9-16)15-30-20-7-5-4-6-18(20)27(25(30)32)19(14-28)24(29)33-22-13-26(2,3)12-21(31)23(22)27/h4-11H,12-13,15,29H2,1-3H3. The highest BCUT2D eigenvalue weighted by atomic mass is 16.5. The lowest BCUT2D eigenvalue weighted by atomic mass is 9.62. The summed E-state index contributed by atoms with van der Waals surface area (Å²) in [5.74, 6) is -0.232. The number of carbonyl (C=O) groups excluding carboxylic acids is 2. The minimum Gasteiger partial charge on any atom is -0.444 e. The highest BCUT2D eigenvalue weighted by molar-refractivity contribution is 6.20. The molecule has 2 aromatic rings. The van der Waals surface area contributed by atoms with Crippen molar-refractivity contribution in [3.8, 4) is 6.07 Å². The quantitative estimate of drug-likeness (QED) is 0.758. The second kappa shape index (κ2) is 7.08. The van der Waals surface area contributed by atoms with Crippen LogP contribution in [0.5, 0.6) is 0 Å². The molecule has 1 aliphatic carbocycles. The van der Waals surface area contributed by atoms with E-state index < -0.39 is 5.41 Å². The van der Waals surface area contributed by atoms with Crippen LogP contribution in [0.25, 0.3) is 0 Å². The van der Waals surface area contributed by atoms with E-state index in [0.717, 1.165) is 11.1 Å². The summed E-state index contributed by atoms with van der Waals surface area (Å²) in [5, 5.41) is 10.1. The van der Waals surface area contributed by atoms with Gasteiger partial charge >= 0.3 is 0 Å². The molecular formula is C27H25N3O3. The number of para-hydroxylation sites is 1. The molecule has 2 N–H and O–H groups in total. The normalized spacial score (nSPS) is 23.4. The highest BCUT2D eigenvalue weighted by Crippen LogP contribution is 2.57. The van der Waals surface area contributed by atoms with Gasteiger partial charge in [-0.05, 0) is 24.0 Å². The Hall–Kier alpha value is -3.85. The van der Waals surface area contributed by atoms with Crippen molar-refractivity contribution < 1.29 is 14.3 Å². The molecule has 6 nitrogen and oxygen atoms in total. The summed E-state index contributed by atoms with van der Waals surface area (Å²) < 4.78 is 5.84. The molecule has 1 spiro atoms. The van der Waals surface area contributed by atoms with E-state index in [2.05, 4.69) is 6.07 Å². The maximum atomic E-state index is 14.3. The van der Waals surface area contributed by atoms with Crippen molar-refractivity contribution in [2.24, 2.45) is 11.1 Å². The van der Waals surface area contributed by atoms with Gasteiger partial charge in [0.1, 0.15) is 22.8 Å². The lowest BCUT2D eigenvalue weighted by Gasteiger charge is -2.41. The van der Waals surface area contributed by atoms with E-state index in [1.807, 2.05) is 69.3 Å². The zero-order valence-electron chi connectivity index (χ0n) is 18.9. The number of nitriles is 1. The van der Waals surface area contributed by atoms with Gasteiger partial charge < -0.3 is 15.4 Å². The van der Waals surface area contributed by atoms with Crippen LogP contribution in [0, 0.1) is 23.7 Å². The zero-order chi connectivity index (χ0) is 23.5. The van der Waals surface area contributed by atoms with Gasteiger partial charge in [-0.3, -0.25) is 9.59 Å². The highest BCUT2D eigenvalue weighted by Gasteiger charge is 2.62. The maximum absolute atomic E-state index is 14.3. The molecule has 2 aromatic carbocycles. The summed E-state index contributed by atoms with van der Waals surface area (Å²) in [7, 11) is 0. The number of rotatable bonds is 2. The first-order valence-corrected chi connectivity index (χ1v) is 11.0. The Labute approximate surface area is 192 Å². The van der Waals surface area contributed by atoms with Gasteiger partial charge in [0.25, 0.3) is 0 Å². The minimum absolute atomic E-state index is 0.0156. The second-order valence-corrected chi connectivity index (χ2v) is 9.84. The van der Waals surface area contributed by atoms with Gasteiger partial charge in [0.05, 0.1) is 12.1 Å². The van der Waals surface area contributed by atoms with E-state index in [9.17, 15) is 14.9 Å². The lowest BCUT2D eigenvalue weighted by molar-refractivity contribution is -0.125. The third kappa shape index (κ3) is 2.92. The van der Waals surface area contributed by atoms with Crippen molar-refractivity contribution in [1.82, 2.24) is 0 Å². The van der Waals surface area contributed by atoms with Crippen molar-refractivity contribution in [3.05, 3.63) is 88.0 Å². The fraction of sp³-hybridized carbons (Fsp3) is 0.296. The molecular weight excluding hydrogens is 414 g/mol. The number of anilines is 1. The van der Waals surface area contributed by atoms with Crippen molar-refractivity contribution >= 4 is 17.4 Å². The molecule has 0 fully saturated rings. The first kappa shape index (κ1) is 21.0. The molecule has 2 aliphatic heterocycles. The summed E-state index contributed by atoms with van der Waals surface area (Å²) in [4.78, 5) is 29.5. The molecule has 166 valence electrons. The molecule has 2 heterocycles. The SMILES string of the molecule is Cc1ccc(CN2C(=O)C3(C(C#N)=C(N)OC4=C3C(=O)CC(C)(C)C4)c3ccccc32)cc1. The fourth-order valence-electron chi connectivity index (χ4n) is 5.37. The minimum atomic E-state index is -1.58. The van der Waals surface area contributed by atoms with Gasteiger partial charge in [-0.1, -0.05) is 61.9 Å². The number of nitrogens with two attached hydrogens (primary N) is 1. The molecule has 0 saturated carbocycles. The third-order valence-electron chi connectivity index (χ3n) is 6.80. The number of Topliss-reactive ketones (excluding diaryl/α,β-unsaturated/α-hetero) is 1. The first-order chi connectivity index (χ1) is 15.7. The topological polar surface area (TPSA) is 96.4 Å². The third-order valence-corrected chi connectivity index (χ3v) is 6.80. The van der Waals surface area contributed by atoms with Crippen molar-refractivity contribution in [1.29, 1.82) is 5.26 Å². The van der Waals surface area contributed by atoms with Crippen molar-refractivity contribution in [3.63, 3.8) is 0 Å². The Balaban J connectivity index is 1.76. The Bertz CT molecular complexity index is 1310. The summed E-state index contributed by atoms with van der Waals surface area (Å²) >= 11 is 0. The van der Waals surface area contributed by atoms with Gasteiger partial charge in [-0.15, -0.1) is 0 Å². The number of ketones is 1. The molecule has 6 heteroatoms. The van der Waals surface area contributed by atoms with Crippen molar-refractivity contribution in [2.45, 2.75) is 45.6 Å². The molecule has 0 saturated heterocycles. The molecule has 5 rings (SSSR count). The van der Waals surface area contributed by atoms with Crippen LogP contribution < -0.4 is 10.6 Å². The summed E-state index contributed by atoms with van der Waals surface area (Å²) in [6.45, 7) is 6.30. The number of hydrogen-bond donors (Lipinski definition) is 1. The zero-order valence-corrected chi connectivity index (χ0v) is 18.9. The summed E-state index contributed by atoms with van der Waals surface area (Å²) in [5.41, 5.74) is 7.93. The van der Waals surface area contributed by atoms with Crippen LogP contribution in [-0.4, -0.2) is 11.7 Å². The van der Waals surface area contributed by atoms with Gasteiger partial charge in [0, 0.05) is 24.1 Å². The van der Waals surface area contributed by atoms with Crippen LogP contribution in [0.1, 0.15) is 43.4 Å². The summed E-state index contributed by atoms with van der Waals surface area (Å²) in [6.07, 6.45) is 0.728. The number of amides is 1. The van der Waals surface area contributed by atoms with Crippen LogP contribution in [0.4, 0.5) is 5.69 Å². The molecule has 0 bridgehead atoms. The Morgan fingerprint density at radius 2 is 1.79 bits per heavy atom. The van der Waals surface area contributed by atoms with Crippen LogP contribution in [0.2, 0.25) is 0 Å². The van der Waals surface area contributed by atoms with Crippen LogP contribution >= 0.6 is 0 Å². The molecule has 1 atom stereocenters. The number of ether oxygens (including phenoxy) is 1. The number of nitrogens with zero attached hydrogens (tertiary/aromatic N) is 2. The van der Waals surface area contributed by atoms with Gasteiger partial charge in [0.15, 0.2) is 5.78 Å². The van der Waals surface area contributed by atoms with Crippen LogP contribution in [0.3, 0.4) is 0 Å². The van der Waals surface area contributed by atoms with E-state index >= 15 is 0 Å². The van der Waals surface area contributed by atoms with Crippen LogP contribution in [-0.2, 0) is 26.3 Å². The molecule has 1 amide bonds. The number of fused-ring (bicyclic) bond motifs is 3. The number of aryl methyl sites for hydroxylation is 1. The van der Waals surface area contributed by atoms with Crippen LogP contribution in [0.15, 0.2) is 71.3 Å². The van der Waals surface area contributed by atoms with E-state index in [1.165, 1.54) is 0 Å². The molecule has 0 aromatic heterocycles. The first-order valence-electron chi connectivity index (χ1n) is 11.0. The Kier molecular flexibility index (Phi) is 4.51. The predicted octanol–water partition coefficient (Wildman–Crippen LogP) is 4.15. The number of hydrogen-bond acceptors (Lipinski definition) is 5. The van der Waals surface area contributed by atoms with E-state index in [1.54, 1.807) is 4.90 Å². The molecule has 33 heavy (non-hydrogen) atoms. The van der Waals surface area contributed by atoms with Gasteiger partial charge in [0.2, 0.25) is 11.8 Å². The average Bonchev–Trinajstić information content (AvgIpc) is 2.98. The largest absolute Gasteiger partial charge is 0.444 e. The number of carbonyl (C=O) groups is 2. The number of benzene rings is 2. The monoisotopic (exact) mass is 439 g/mol.